The molecule has 2 aliphatic heterocycles. The van der Waals surface area contributed by atoms with Crippen LogP contribution in [0.2, 0.25) is 0 Å². The zero-order valence-electron chi connectivity index (χ0n) is 23.4. The number of unbranched alkanes of at least 4 members (excludes halogenated alkanes) is 1. The molecular formula is C27H35N3O10. The number of anilines is 1. The molecule has 218 valence electrons. The van der Waals surface area contributed by atoms with Gasteiger partial charge in [-0.3, -0.25) is 24.0 Å². The van der Waals surface area contributed by atoms with Crippen molar-refractivity contribution < 1.29 is 47.8 Å². The Morgan fingerprint density at radius 2 is 1.70 bits per heavy atom. The summed E-state index contributed by atoms with van der Waals surface area (Å²) in [6, 6.07) is 4.34. The number of hydrogen-bond acceptors (Lipinski definition) is 11. The van der Waals surface area contributed by atoms with Crippen molar-refractivity contribution in [3.63, 3.8) is 0 Å². The Balaban J connectivity index is 2.02. The molecule has 0 bridgehead atoms. The van der Waals surface area contributed by atoms with Gasteiger partial charge in [0, 0.05) is 39.8 Å². The maximum absolute atomic E-state index is 13.4. The van der Waals surface area contributed by atoms with Gasteiger partial charge >= 0.3 is 17.9 Å². The van der Waals surface area contributed by atoms with Crippen molar-refractivity contribution in [3.8, 4) is 0 Å². The summed E-state index contributed by atoms with van der Waals surface area (Å²) in [5.41, 5.74) is 2.19. The zero-order chi connectivity index (χ0) is 29.6. The minimum Gasteiger partial charge on any atom is -0.463 e. The highest BCUT2D eigenvalue weighted by atomic mass is 16.8. The Morgan fingerprint density at radius 3 is 2.30 bits per heavy atom. The summed E-state index contributed by atoms with van der Waals surface area (Å²) in [6.07, 6.45) is -3.51. The maximum atomic E-state index is 13.4. The minimum atomic E-state index is -1.43. The number of benzene rings is 1. The predicted octanol–water partition coefficient (Wildman–Crippen LogP) is 1.52. The standard InChI is InChI=1S/C27H35N3O10/c1-7-8-11-30-20-10-9-14(2)12-19(20)22(26(30)35)29-40-27-23(28-15(3)31)25(38-18(6)34)24(37-17(5)33)21(39-27)13-36-16(4)32/h9-10,12,21,23-25,27H,7-8,11,13H2,1-6H3,(H,28,31)/b29-22-/t21-,23-,24+,25-,27+/m1/s1. The van der Waals surface area contributed by atoms with Crippen LogP contribution in [-0.2, 0) is 47.8 Å². The van der Waals surface area contributed by atoms with Crippen molar-refractivity contribution in [2.24, 2.45) is 5.16 Å². The van der Waals surface area contributed by atoms with Gasteiger partial charge in [0.2, 0.25) is 5.91 Å². The van der Waals surface area contributed by atoms with E-state index < -0.39 is 54.5 Å². The number of carbonyl (C=O) groups excluding carboxylic acids is 5. The van der Waals surface area contributed by atoms with Gasteiger partial charge in [0.05, 0.1) is 5.69 Å². The third-order valence-electron chi connectivity index (χ3n) is 6.20. The van der Waals surface area contributed by atoms with Crippen LogP contribution in [0.1, 0.15) is 58.6 Å². The fourth-order valence-corrected chi connectivity index (χ4v) is 4.54. The summed E-state index contributed by atoms with van der Waals surface area (Å²) >= 11 is 0. The first-order valence-corrected chi connectivity index (χ1v) is 13.0. The van der Waals surface area contributed by atoms with Crippen LogP contribution < -0.4 is 10.2 Å². The summed E-state index contributed by atoms with van der Waals surface area (Å²) < 4.78 is 21.9. The molecule has 0 radical (unpaired) electrons. The third kappa shape index (κ3) is 7.34. The largest absolute Gasteiger partial charge is 0.463 e. The van der Waals surface area contributed by atoms with Crippen molar-refractivity contribution in [1.82, 2.24) is 5.32 Å². The van der Waals surface area contributed by atoms with E-state index in [2.05, 4.69) is 10.5 Å². The average molecular weight is 562 g/mol. The normalized spacial score (nSPS) is 24.8. The summed E-state index contributed by atoms with van der Waals surface area (Å²) in [6.45, 7) is 8.70. The molecule has 2 amide bonds. The topological polar surface area (TPSA) is 159 Å². The van der Waals surface area contributed by atoms with Gasteiger partial charge in [-0.15, -0.1) is 0 Å². The first-order chi connectivity index (χ1) is 18.9. The number of ether oxygens (including phenoxy) is 4. The van der Waals surface area contributed by atoms with Crippen molar-refractivity contribution in [3.05, 3.63) is 29.3 Å². The Labute approximate surface area is 232 Å². The molecule has 3 rings (SSSR count). The number of amides is 2. The lowest BCUT2D eigenvalue weighted by molar-refractivity contribution is -0.278. The molecule has 0 aromatic heterocycles. The number of carbonyl (C=O) groups is 5. The molecule has 0 unspecified atom stereocenters. The van der Waals surface area contributed by atoms with E-state index in [0.29, 0.717) is 17.8 Å². The smallest absolute Gasteiger partial charge is 0.303 e. The second kappa shape index (κ2) is 13.4. The molecule has 13 nitrogen and oxygen atoms in total. The van der Waals surface area contributed by atoms with Crippen LogP contribution in [0.25, 0.3) is 0 Å². The molecule has 40 heavy (non-hydrogen) atoms. The molecule has 2 heterocycles. The van der Waals surface area contributed by atoms with E-state index >= 15 is 0 Å². The van der Waals surface area contributed by atoms with Gasteiger partial charge in [0.25, 0.3) is 12.2 Å². The van der Waals surface area contributed by atoms with Crippen LogP contribution in [0, 0.1) is 6.92 Å². The fourth-order valence-electron chi connectivity index (χ4n) is 4.54. The molecule has 1 fully saturated rings. The molecule has 1 aromatic carbocycles. The summed E-state index contributed by atoms with van der Waals surface area (Å²) in [5.74, 6) is -3.00. The van der Waals surface area contributed by atoms with Crippen molar-refractivity contribution >= 4 is 41.1 Å². The number of hydrogen-bond donors (Lipinski definition) is 1. The van der Waals surface area contributed by atoms with Gasteiger partial charge in [0.1, 0.15) is 18.8 Å². The van der Waals surface area contributed by atoms with Gasteiger partial charge < -0.3 is 34.0 Å². The average Bonchev–Trinajstić information content (AvgIpc) is 3.11. The molecule has 5 atom stereocenters. The van der Waals surface area contributed by atoms with Crippen molar-refractivity contribution in [2.45, 2.75) is 85.0 Å². The van der Waals surface area contributed by atoms with Gasteiger partial charge in [-0.05, 0) is 25.5 Å². The quantitative estimate of drug-likeness (QED) is 0.252. The molecule has 0 saturated carbocycles. The van der Waals surface area contributed by atoms with E-state index in [1.54, 1.807) is 4.90 Å². The molecule has 1 saturated heterocycles. The number of oxime groups is 1. The van der Waals surface area contributed by atoms with Crippen LogP contribution in [-0.4, -0.2) is 79.2 Å². The second-order valence-electron chi connectivity index (χ2n) is 9.60. The van der Waals surface area contributed by atoms with E-state index in [4.69, 9.17) is 23.8 Å². The van der Waals surface area contributed by atoms with E-state index in [9.17, 15) is 24.0 Å². The molecular weight excluding hydrogens is 526 g/mol. The van der Waals surface area contributed by atoms with Gasteiger partial charge in [-0.2, -0.15) is 0 Å². The Kier molecular flexibility index (Phi) is 10.2. The second-order valence-corrected chi connectivity index (χ2v) is 9.60. The lowest BCUT2D eigenvalue weighted by atomic mass is 9.96. The van der Waals surface area contributed by atoms with Crippen LogP contribution in [0.4, 0.5) is 5.69 Å². The maximum Gasteiger partial charge on any atom is 0.303 e. The minimum absolute atomic E-state index is 0.0302. The molecule has 0 aliphatic carbocycles. The number of nitrogens with one attached hydrogen (secondary N) is 1. The molecule has 1 aromatic rings. The lowest BCUT2D eigenvalue weighted by Gasteiger charge is -2.43. The first-order valence-electron chi connectivity index (χ1n) is 13.0. The Hall–Kier alpha value is -4.00. The lowest BCUT2D eigenvalue weighted by Crippen LogP contribution is -2.66. The van der Waals surface area contributed by atoms with Crippen LogP contribution in [0.5, 0.6) is 0 Å². The van der Waals surface area contributed by atoms with E-state index in [0.717, 1.165) is 32.3 Å². The number of esters is 3. The third-order valence-corrected chi connectivity index (χ3v) is 6.20. The van der Waals surface area contributed by atoms with Gasteiger partial charge in [-0.25, -0.2) is 0 Å². The predicted molar refractivity (Wildman–Crippen MR) is 140 cm³/mol. The number of rotatable bonds is 10. The van der Waals surface area contributed by atoms with E-state index in [1.807, 2.05) is 32.0 Å². The zero-order valence-corrected chi connectivity index (χ0v) is 23.4. The SMILES string of the molecule is CCCCN1C(=O)/C(=N\O[C@@H]2O[C@H](COC(C)=O)[C@H](OC(C)=O)[C@H](OC(C)=O)[C@H]2NC(C)=O)c2cc(C)ccc21. The van der Waals surface area contributed by atoms with Gasteiger partial charge in [0.15, 0.2) is 17.9 Å². The molecule has 2 aliphatic rings. The highest BCUT2D eigenvalue weighted by Gasteiger charge is 2.52. The Morgan fingerprint density at radius 1 is 1.02 bits per heavy atom. The van der Waals surface area contributed by atoms with E-state index in [-0.39, 0.29) is 18.2 Å². The number of aryl methyl sites for hydroxylation is 1. The van der Waals surface area contributed by atoms with Crippen molar-refractivity contribution in [1.29, 1.82) is 0 Å². The van der Waals surface area contributed by atoms with E-state index in [1.165, 1.54) is 13.8 Å². The van der Waals surface area contributed by atoms with Gasteiger partial charge in [-0.1, -0.05) is 30.1 Å². The fraction of sp³-hybridized carbons (Fsp3) is 0.556. The van der Waals surface area contributed by atoms with Crippen LogP contribution in [0.15, 0.2) is 23.4 Å². The highest BCUT2D eigenvalue weighted by molar-refractivity contribution is 6.54. The van der Waals surface area contributed by atoms with Crippen LogP contribution in [0.3, 0.4) is 0 Å². The van der Waals surface area contributed by atoms with Crippen LogP contribution >= 0.6 is 0 Å². The summed E-state index contributed by atoms with van der Waals surface area (Å²) in [5, 5.41) is 6.75. The molecule has 1 N–H and O–H groups in total. The monoisotopic (exact) mass is 561 g/mol. The number of nitrogens with zero attached hydrogens (tertiary/aromatic N) is 2. The molecule has 0 spiro atoms. The highest BCUT2D eigenvalue weighted by Crippen LogP contribution is 2.32. The Bertz CT molecular complexity index is 1180. The molecule has 13 heteroatoms. The van der Waals surface area contributed by atoms with Crippen molar-refractivity contribution in [2.75, 3.05) is 18.1 Å². The number of fused-ring (bicyclic) bond motifs is 1. The first kappa shape index (κ1) is 30.5. The summed E-state index contributed by atoms with van der Waals surface area (Å²) in [7, 11) is 0. The summed E-state index contributed by atoms with van der Waals surface area (Å²) in [4.78, 5) is 68.3.